The molecule has 0 spiro atoms. The zero-order valence-electron chi connectivity index (χ0n) is 6.13. The van der Waals surface area contributed by atoms with Gasteiger partial charge >= 0.3 is 0 Å². The summed E-state index contributed by atoms with van der Waals surface area (Å²) in [5.74, 6) is 0.177. The van der Waals surface area contributed by atoms with Gasteiger partial charge in [-0.05, 0) is 23.9 Å². The first-order chi connectivity index (χ1) is 5.24. The average Bonchev–Trinajstić information content (AvgIpc) is 2.37. The lowest BCUT2D eigenvalue weighted by Gasteiger charge is -1.99. The Bertz CT molecular complexity index is 257. The summed E-state index contributed by atoms with van der Waals surface area (Å²) in [6, 6.07) is 1.97. The summed E-state index contributed by atoms with van der Waals surface area (Å²) in [7, 11) is 0. The molecule has 0 atom stereocenters. The first-order valence-corrected chi connectivity index (χ1v) is 4.70. The molecule has 0 fully saturated rings. The largest absolute Gasteiger partial charge is 0.317 e. The molecular weight excluding hydrogens is 178 g/mol. The maximum atomic E-state index is 10.9. The van der Waals surface area contributed by atoms with Crippen molar-refractivity contribution >= 4 is 34.9 Å². The van der Waals surface area contributed by atoms with Crippen molar-refractivity contribution in [2.75, 3.05) is 11.1 Å². The van der Waals surface area contributed by atoms with Crippen LogP contribution in [0.4, 0.5) is 5.00 Å². The lowest BCUT2D eigenvalue weighted by Crippen LogP contribution is -2.11. The highest BCUT2D eigenvalue weighted by atomic mass is 32.1. The summed E-state index contributed by atoms with van der Waals surface area (Å²) < 4.78 is 0. The van der Waals surface area contributed by atoms with Gasteiger partial charge in [-0.25, -0.2) is 0 Å². The van der Waals surface area contributed by atoms with Crippen molar-refractivity contribution < 1.29 is 4.79 Å². The van der Waals surface area contributed by atoms with E-state index >= 15 is 0 Å². The molecule has 0 aliphatic rings. The van der Waals surface area contributed by atoms with Crippen LogP contribution in [0.25, 0.3) is 0 Å². The van der Waals surface area contributed by atoms with Crippen molar-refractivity contribution in [2.24, 2.45) is 0 Å². The minimum absolute atomic E-state index is 0.0566. The van der Waals surface area contributed by atoms with Crippen LogP contribution in [0, 0.1) is 6.92 Å². The molecule has 1 rings (SSSR count). The van der Waals surface area contributed by atoms with E-state index in [0.717, 1.165) is 10.6 Å². The van der Waals surface area contributed by atoms with Crippen molar-refractivity contribution in [3.05, 3.63) is 17.0 Å². The fraction of sp³-hybridized carbons (Fsp3) is 0.286. The second kappa shape index (κ2) is 3.78. The quantitative estimate of drug-likeness (QED) is 0.681. The fourth-order valence-corrected chi connectivity index (χ4v) is 1.58. The van der Waals surface area contributed by atoms with Gasteiger partial charge in [-0.2, -0.15) is 12.6 Å². The lowest BCUT2D eigenvalue weighted by atomic mass is 10.4. The van der Waals surface area contributed by atoms with Gasteiger partial charge in [0, 0.05) is 0 Å². The molecule has 0 aromatic carbocycles. The maximum absolute atomic E-state index is 10.9. The number of hydrogen-bond donors (Lipinski definition) is 2. The molecule has 0 aliphatic heterocycles. The van der Waals surface area contributed by atoms with Crippen molar-refractivity contribution in [1.82, 2.24) is 0 Å². The summed E-state index contributed by atoms with van der Waals surface area (Å²) >= 11 is 5.38. The number of carbonyl (C=O) groups is 1. The molecule has 0 saturated carbocycles. The van der Waals surface area contributed by atoms with E-state index < -0.39 is 0 Å². The molecule has 0 saturated heterocycles. The van der Waals surface area contributed by atoms with Crippen LogP contribution in [0.3, 0.4) is 0 Å². The molecule has 1 amide bonds. The molecule has 1 N–H and O–H groups in total. The summed E-state index contributed by atoms with van der Waals surface area (Å²) in [6.07, 6.45) is 0. The summed E-state index contributed by atoms with van der Waals surface area (Å²) in [5.41, 5.74) is 1.10. The Balaban J connectivity index is 2.64. The van der Waals surface area contributed by atoms with E-state index in [-0.39, 0.29) is 11.7 Å². The van der Waals surface area contributed by atoms with Gasteiger partial charge in [0.25, 0.3) is 0 Å². The Morgan fingerprint density at radius 3 is 3.00 bits per heavy atom. The number of anilines is 1. The molecule has 4 heteroatoms. The summed E-state index contributed by atoms with van der Waals surface area (Å²) in [5, 5.41) is 5.61. The first-order valence-electron chi connectivity index (χ1n) is 3.19. The first kappa shape index (κ1) is 8.62. The number of aryl methyl sites for hydroxylation is 1. The third kappa shape index (κ3) is 2.24. The predicted molar refractivity (Wildman–Crippen MR) is 51.5 cm³/mol. The highest BCUT2D eigenvalue weighted by molar-refractivity contribution is 7.81. The third-order valence-electron chi connectivity index (χ3n) is 1.26. The molecule has 60 valence electrons. The molecule has 11 heavy (non-hydrogen) atoms. The Labute approximate surface area is 75.0 Å². The Hall–Kier alpha value is -0.480. The number of rotatable bonds is 2. The molecule has 1 aromatic heterocycles. The molecule has 0 radical (unpaired) electrons. The van der Waals surface area contributed by atoms with Crippen molar-refractivity contribution in [2.45, 2.75) is 6.92 Å². The zero-order valence-corrected chi connectivity index (χ0v) is 7.84. The van der Waals surface area contributed by atoms with Crippen LogP contribution in [0.2, 0.25) is 0 Å². The summed E-state index contributed by atoms with van der Waals surface area (Å²) in [4.78, 5) is 10.9. The van der Waals surface area contributed by atoms with Gasteiger partial charge in [-0.3, -0.25) is 4.79 Å². The van der Waals surface area contributed by atoms with Crippen molar-refractivity contribution in [1.29, 1.82) is 0 Å². The van der Waals surface area contributed by atoms with E-state index in [4.69, 9.17) is 0 Å². The molecule has 2 nitrogen and oxygen atoms in total. The third-order valence-corrected chi connectivity index (χ3v) is 2.48. The van der Waals surface area contributed by atoms with Gasteiger partial charge in [-0.15, -0.1) is 11.3 Å². The van der Waals surface area contributed by atoms with E-state index in [9.17, 15) is 4.79 Å². The highest BCUT2D eigenvalue weighted by Gasteiger charge is 2.02. The lowest BCUT2D eigenvalue weighted by molar-refractivity contribution is -0.113. The maximum Gasteiger partial charge on any atom is 0.234 e. The van der Waals surface area contributed by atoms with Crippen LogP contribution < -0.4 is 5.32 Å². The van der Waals surface area contributed by atoms with E-state index in [1.807, 2.05) is 18.4 Å². The smallest absolute Gasteiger partial charge is 0.234 e. The van der Waals surface area contributed by atoms with Gasteiger partial charge in [0.05, 0.1) is 10.8 Å². The van der Waals surface area contributed by atoms with Crippen LogP contribution in [0.15, 0.2) is 11.4 Å². The molecular formula is C7H9NOS2. The fourth-order valence-electron chi connectivity index (χ4n) is 0.667. The number of carbonyl (C=O) groups excluding carboxylic acids is 1. The second-order valence-corrected chi connectivity index (χ2v) is 3.37. The standard InChI is InChI=1S/C7H9NOS2/c1-5-2-3-11-7(5)8-6(9)4-10/h2-3,10H,4H2,1H3,(H,8,9). The molecule has 0 unspecified atom stereocenters. The molecule has 1 aromatic rings. The molecule has 0 bridgehead atoms. The number of hydrogen-bond acceptors (Lipinski definition) is 3. The number of nitrogens with one attached hydrogen (secondary N) is 1. The average molecular weight is 187 g/mol. The normalized spacial score (nSPS) is 9.64. The van der Waals surface area contributed by atoms with Crippen LogP contribution in [-0.4, -0.2) is 11.7 Å². The topological polar surface area (TPSA) is 29.1 Å². The van der Waals surface area contributed by atoms with E-state index in [1.165, 1.54) is 11.3 Å². The predicted octanol–water partition coefficient (Wildman–Crippen LogP) is 1.92. The minimum Gasteiger partial charge on any atom is -0.317 e. The van der Waals surface area contributed by atoms with Gasteiger partial charge in [-0.1, -0.05) is 0 Å². The monoisotopic (exact) mass is 187 g/mol. The van der Waals surface area contributed by atoms with Gasteiger partial charge in [0.1, 0.15) is 0 Å². The molecule has 0 aliphatic carbocycles. The molecule has 1 heterocycles. The van der Waals surface area contributed by atoms with Crippen LogP contribution in [0.1, 0.15) is 5.56 Å². The van der Waals surface area contributed by atoms with E-state index in [2.05, 4.69) is 17.9 Å². The number of amides is 1. The Kier molecular flexibility index (Phi) is 2.96. The van der Waals surface area contributed by atoms with E-state index in [1.54, 1.807) is 0 Å². The summed E-state index contributed by atoms with van der Waals surface area (Å²) in [6.45, 7) is 1.96. The Morgan fingerprint density at radius 1 is 1.82 bits per heavy atom. The second-order valence-electron chi connectivity index (χ2n) is 2.14. The highest BCUT2D eigenvalue weighted by Crippen LogP contribution is 2.21. The number of thiol groups is 1. The number of thiophene rings is 1. The Morgan fingerprint density at radius 2 is 2.55 bits per heavy atom. The van der Waals surface area contributed by atoms with Gasteiger partial charge in [0.15, 0.2) is 0 Å². The van der Waals surface area contributed by atoms with Crippen molar-refractivity contribution in [3.63, 3.8) is 0 Å². The van der Waals surface area contributed by atoms with Gasteiger partial charge in [0.2, 0.25) is 5.91 Å². The SMILES string of the molecule is Cc1ccsc1NC(=O)CS. The van der Waals surface area contributed by atoms with E-state index in [0.29, 0.717) is 0 Å². The van der Waals surface area contributed by atoms with Crippen LogP contribution in [0.5, 0.6) is 0 Å². The van der Waals surface area contributed by atoms with Gasteiger partial charge < -0.3 is 5.32 Å². The van der Waals surface area contributed by atoms with Crippen molar-refractivity contribution in [3.8, 4) is 0 Å². The zero-order chi connectivity index (χ0) is 8.27. The van der Waals surface area contributed by atoms with Crippen LogP contribution >= 0.6 is 24.0 Å². The van der Waals surface area contributed by atoms with Crippen LogP contribution in [-0.2, 0) is 4.79 Å². The minimum atomic E-state index is -0.0566.